The lowest BCUT2D eigenvalue weighted by atomic mass is 9.83. The Labute approximate surface area is 129 Å². The topological polar surface area (TPSA) is 29.9 Å². The molecule has 0 radical (unpaired) electrons. The van der Waals surface area contributed by atoms with E-state index in [1.54, 1.807) is 0 Å². The maximum atomic E-state index is 4.60. The number of likely N-dealkylation sites (N-methyl/N-ethyl adjacent to an activating group) is 1. The van der Waals surface area contributed by atoms with E-state index in [-0.39, 0.29) is 0 Å². The summed E-state index contributed by atoms with van der Waals surface area (Å²) in [6.07, 6.45) is 13.8. The summed E-state index contributed by atoms with van der Waals surface area (Å²) in [4.78, 5) is 4.60. The molecule has 2 aliphatic rings. The highest BCUT2D eigenvalue weighted by molar-refractivity contribution is 4.98. The van der Waals surface area contributed by atoms with Gasteiger partial charge < -0.3 is 9.88 Å². The fourth-order valence-corrected chi connectivity index (χ4v) is 4.75. The molecule has 3 nitrogen and oxygen atoms in total. The average molecular weight is 289 g/mol. The van der Waals surface area contributed by atoms with Crippen LogP contribution in [0.1, 0.15) is 58.2 Å². The lowest BCUT2D eigenvalue weighted by Crippen LogP contribution is -2.35. The van der Waals surface area contributed by atoms with Gasteiger partial charge in [0.15, 0.2) is 0 Å². The Balaban J connectivity index is 1.60. The van der Waals surface area contributed by atoms with Gasteiger partial charge in [0.05, 0.1) is 0 Å². The highest BCUT2D eigenvalue weighted by Crippen LogP contribution is 2.49. The Bertz CT molecular complexity index is 439. The number of nitrogens with one attached hydrogen (secondary N) is 1. The van der Waals surface area contributed by atoms with Crippen molar-refractivity contribution in [3.63, 3.8) is 0 Å². The largest absolute Gasteiger partial charge is 0.335 e. The average Bonchev–Trinajstić information content (AvgIpc) is 3.17. The molecule has 0 aromatic carbocycles. The molecule has 3 heteroatoms. The zero-order valence-electron chi connectivity index (χ0n) is 13.7. The molecule has 1 aromatic heterocycles. The normalized spacial score (nSPS) is 29.1. The van der Waals surface area contributed by atoms with E-state index in [1.165, 1.54) is 44.3 Å². The molecule has 3 rings (SSSR count). The van der Waals surface area contributed by atoms with E-state index in [4.69, 9.17) is 0 Å². The predicted octanol–water partition coefficient (Wildman–Crippen LogP) is 3.64. The standard InChI is InChI=1S/C18H31N3/c1-3-8-21-9-7-20-18(21)13-17(19-4-2)12-16-11-14-5-6-15(16)10-14/h7,9,14-17,19H,3-6,8,10-13H2,1-2H3. The number of aromatic nitrogens is 2. The summed E-state index contributed by atoms with van der Waals surface area (Å²) in [5, 5.41) is 3.72. The maximum absolute atomic E-state index is 4.60. The molecular weight excluding hydrogens is 258 g/mol. The molecule has 1 N–H and O–H groups in total. The van der Waals surface area contributed by atoms with Crippen molar-refractivity contribution in [3.05, 3.63) is 18.2 Å². The molecular formula is C18H31N3. The van der Waals surface area contributed by atoms with Gasteiger partial charge in [0.25, 0.3) is 0 Å². The van der Waals surface area contributed by atoms with Crippen LogP contribution in [0.4, 0.5) is 0 Å². The van der Waals surface area contributed by atoms with Crippen LogP contribution in [0.2, 0.25) is 0 Å². The molecule has 2 aliphatic carbocycles. The summed E-state index contributed by atoms with van der Waals surface area (Å²) in [5.41, 5.74) is 0. The summed E-state index contributed by atoms with van der Waals surface area (Å²) in [5.74, 6) is 4.34. The van der Waals surface area contributed by atoms with Crippen LogP contribution in [0, 0.1) is 17.8 Å². The number of nitrogens with zero attached hydrogens (tertiary/aromatic N) is 2. The van der Waals surface area contributed by atoms with E-state index in [0.717, 1.165) is 37.3 Å². The number of hydrogen-bond donors (Lipinski definition) is 1. The van der Waals surface area contributed by atoms with Crippen LogP contribution < -0.4 is 5.32 Å². The lowest BCUT2D eigenvalue weighted by molar-refractivity contribution is 0.276. The molecule has 1 heterocycles. The van der Waals surface area contributed by atoms with Gasteiger partial charge in [-0.25, -0.2) is 4.98 Å². The van der Waals surface area contributed by atoms with Crippen LogP contribution in [-0.4, -0.2) is 22.1 Å². The fraction of sp³-hybridized carbons (Fsp3) is 0.833. The van der Waals surface area contributed by atoms with Gasteiger partial charge in [0.1, 0.15) is 5.82 Å². The van der Waals surface area contributed by atoms with Crippen LogP contribution in [-0.2, 0) is 13.0 Å². The van der Waals surface area contributed by atoms with Crippen molar-refractivity contribution in [2.45, 2.75) is 71.4 Å². The summed E-state index contributed by atoms with van der Waals surface area (Å²) < 4.78 is 2.34. The Morgan fingerprint density at radius 3 is 2.90 bits per heavy atom. The SMILES string of the molecule is CCCn1ccnc1CC(CC1CC2CCC1C2)NCC. The zero-order valence-corrected chi connectivity index (χ0v) is 13.7. The van der Waals surface area contributed by atoms with Gasteiger partial charge in [-0.05, 0) is 56.4 Å². The van der Waals surface area contributed by atoms with E-state index >= 15 is 0 Å². The molecule has 21 heavy (non-hydrogen) atoms. The number of aryl methyl sites for hydroxylation is 1. The number of imidazole rings is 1. The molecule has 0 aliphatic heterocycles. The smallest absolute Gasteiger partial charge is 0.110 e. The van der Waals surface area contributed by atoms with Gasteiger partial charge >= 0.3 is 0 Å². The first-order valence-electron chi connectivity index (χ1n) is 9.03. The Hall–Kier alpha value is -0.830. The van der Waals surface area contributed by atoms with E-state index in [1.807, 2.05) is 6.20 Å². The molecule has 4 unspecified atom stereocenters. The van der Waals surface area contributed by atoms with Gasteiger partial charge in [-0.3, -0.25) is 0 Å². The quantitative estimate of drug-likeness (QED) is 0.792. The van der Waals surface area contributed by atoms with Crippen molar-refractivity contribution < 1.29 is 0 Å². The molecule has 2 bridgehead atoms. The van der Waals surface area contributed by atoms with Gasteiger partial charge in [-0.1, -0.05) is 20.3 Å². The van der Waals surface area contributed by atoms with Crippen molar-refractivity contribution in [3.8, 4) is 0 Å². The van der Waals surface area contributed by atoms with Crippen molar-refractivity contribution >= 4 is 0 Å². The third-order valence-corrected chi connectivity index (χ3v) is 5.66. The van der Waals surface area contributed by atoms with Crippen molar-refractivity contribution in [2.24, 2.45) is 17.8 Å². The number of hydrogen-bond acceptors (Lipinski definition) is 2. The minimum Gasteiger partial charge on any atom is -0.335 e. The minimum absolute atomic E-state index is 0.609. The number of rotatable bonds is 8. The fourth-order valence-electron chi connectivity index (χ4n) is 4.75. The third-order valence-electron chi connectivity index (χ3n) is 5.66. The van der Waals surface area contributed by atoms with Crippen LogP contribution in [0.3, 0.4) is 0 Å². The molecule has 0 saturated heterocycles. The first kappa shape index (κ1) is 15.1. The van der Waals surface area contributed by atoms with Crippen molar-refractivity contribution in [1.82, 2.24) is 14.9 Å². The summed E-state index contributed by atoms with van der Waals surface area (Å²) in [6, 6.07) is 0.609. The second-order valence-electron chi connectivity index (χ2n) is 7.17. The van der Waals surface area contributed by atoms with Crippen LogP contribution in [0.5, 0.6) is 0 Å². The van der Waals surface area contributed by atoms with E-state index in [0.29, 0.717) is 6.04 Å². The van der Waals surface area contributed by atoms with Gasteiger partial charge in [0, 0.05) is 31.4 Å². The zero-order chi connectivity index (χ0) is 14.7. The maximum Gasteiger partial charge on any atom is 0.110 e. The molecule has 4 atom stereocenters. The summed E-state index contributed by atoms with van der Waals surface area (Å²) in [7, 11) is 0. The van der Waals surface area contributed by atoms with E-state index < -0.39 is 0 Å². The van der Waals surface area contributed by atoms with Crippen molar-refractivity contribution in [1.29, 1.82) is 0 Å². The third kappa shape index (κ3) is 3.50. The van der Waals surface area contributed by atoms with Crippen LogP contribution in [0.25, 0.3) is 0 Å². The minimum atomic E-state index is 0.609. The summed E-state index contributed by atoms with van der Waals surface area (Å²) in [6.45, 7) is 6.63. The van der Waals surface area contributed by atoms with E-state index in [9.17, 15) is 0 Å². The second kappa shape index (κ2) is 6.95. The Morgan fingerprint density at radius 2 is 2.24 bits per heavy atom. The Morgan fingerprint density at radius 1 is 1.33 bits per heavy atom. The molecule has 1 aromatic rings. The number of fused-ring (bicyclic) bond motifs is 2. The molecule has 2 saturated carbocycles. The predicted molar refractivity (Wildman–Crippen MR) is 87.2 cm³/mol. The second-order valence-corrected chi connectivity index (χ2v) is 7.17. The molecule has 118 valence electrons. The van der Waals surface area contributed by atoms with Crippen molar-refractivity contribution in [2.75, 3.05) is 6.54 Å². The molecule has 2 fully saturated rings. The van der Waals surface area contributed by atoms with Gasteiger partial charge in [0.2, 0.25) is 0 Å². The summed E-state index contributed by atoms with van der Waals surface area (Å²) >= 11 is 0. The lowest BCUT2D eigenvalue weighted by Gasteiger charge is -2.27. The van der Waals surface area contributed by atoms with Crippen LogP contribution in [0.15, 0.2) is 12.4 Å². The highest BCUT2D eigenvalue weighted by Gasteiger charge is 2.40. The highest BCUT2D eigenvalue weighted by atomic mass is 15.1. The Kier molecular flexibility index (Phi) is 4.99. The first-order valence-corrected chi connectivity index (χ1v) is 9.03. The van der Waals surface area contributed by atoms with Gasteiger partial charge in [-0.2, -0.15) is 0 Å². The van der Waals surface area contributed by atoms with Crippen LogP contribution >= 0.6 is 0 Å². The molecule has 0 spiro atoms. The molecule has 0 amide bonds. The first-order chi connectivity index (χ1) is 10.3. The van der Waals surface area contributed by atoms with E-state index in [2.05, 4.69) is 34.9 Å². The monoisotopic (exact) mass is 289 g/mol. The van der Waals surface area contributed by atoms with Gasteiger partial charge in [-0.15, -0.1) is 0 Å².